The lowest BCUT2D eigenvalue weighted by molar-refractivity contribution is 0.627. The minimum atomic E-state index is -0.204. The molecule has 1 aromatic heterocycles. The van der Waals surface area contributed by atoms with Gasteiger partial charge in [0.05, 0.1) is 0 Å². The SMILES string of the molecule is CCCNc1cc(NCCc2ccc(F)cc2)nc(C)n1. The third-order valence-corrected chi connectivity index (χ3v) is 3.03. The Morgan fingerprint density at radius 1 is 1.00 bits per heavy atom. The van der Waals surface area contributed by atoms with Crippen LogP contribution < -0.4 is 10.6 Å². The van der Waals surface area contributed by atoms with E-state index in [2.05, 4.69) is 27.5 Å². The zero-order chi connectivity index (χ0) is 15.1. The van der Waals surface area contributed by atoms with Crippen molar-refractivity contribution in [1.82, 2.24) is 9.97 Å². The molecule has 0 unspecified atom stereocenters. The minimum Gasteiger partial charge on any atom is -0.370 e. The molecule has 0 fully saturated rings. The predicted molar refractivity (Wildman–Crippen MR) is 84.1 cm³/mol. The molecule has 5 heteroatoms. The van der Waals surface area contributed by atoms with Gasteiger partial charge >= 0.3 is 0 Å². The first-order valence-electron chi connectivity index (χ1n) is 7.25. The van der Waals surface area contributed by atoms with Crippen molar-refractivity contribution in [2.75, 3.05) is 23.7 Å². The average molecular weight is 288 g/mol. The summed E-state index contributed by atoms with van der Waals surface area (Å²) in [6.45, 7) is 5.63. The maximum absolute atomic E-state index is 12.8. The maximum Gasteiger partial charge on any atom is 0.131 e. The first-order chi connectivity index (χ1) is 10.2. The molecule has 1 aromatic carbocycles. The summed E-state index contributed by atoms with van der Waals surface area (Å²) in [6, 6.07) is 8.48. The van der Waals surface area contributed by atoms with Gasteiger partial charge in [-0.2, -0.15) is 0 Å². The number of rotatable bonds is 7. The van der Waals surface area contributed by atoms with Crippen molar-refractivity contribution < 1.29 is 4.39 Å². The second-order valence-electron chi connectivity index (χ2n) is 4.92. The summed E-state index contributed by atoms with van der Waals surface area (Å²) >= 11 is 0. The van der Waals surface area contributed by atoms with Crippen LogP contribution in [0.1, 0.15) is 24.7 Å². The monoisotopic (exact) mass is 288 g/mol. The summed E-state index contributed by atoms with van der Waals surface area (Å²) < 4.78 is 12.8. The van der Waals surface area contributed by atoms with Crippen LogP contribution in [0.25, 0.3) is 0 Å². The first kappa shape index (κ1) is 15.2. The highest BCUT2D eigenvalue weighted by molar-refractivity contribution is 5.47. The van der Waals surface area contributed by atoms with Crippen LogP contribution in [0.15, 0.2) is 30.3 Å². The third-order valence-electron chi connectivity index (χ3n) is 3.03. The van der Waals surface area contributed by atoms with Crippen LogP contribution >= 0.6 is 0 Å². The lowest BCUT2D eigenvalue weighted by Crippen LogP contribution is -2.09. The molecule has 2 rings (SSSR count). The Morgan fingerprint density at radius 2 is 1.62 bits per heavy atom. The number of nitrogens with one attached hydrogen (secondary N) is 2. The van der Waals surface area contributed by atoms with Crippen LogP contribution in [0.4, 0.5) is 16.0 Å². The highest BCUT2D eigenvalue weighted by Gasteiger charge is 2.01. The lowest BCUT2D eigenvalue weighted by atomic mass is 10.1. The van der Waals surface area contributed by atoms with Crippen molar-refractivity contribution in [3.8, 4) is 0 Å². The van der Waals surface area contributed by atoms with Gasteiger partial charge in [-0.25, -0.2) is 14.4 Å². The van der Waals surface area contributed by atoms with E-state index in [9.17, 15) is 4.39 Å². The van der Waals surface area contributed by atoms with E-state index >= 15 is 0 Å². The van der Waals surface area contributed by atoms with Crippen LogP contribution in [-0.2, 0) is 6.42 Å². The standard InChI is InChI=1S/C16H21FN4/c1-3-9-18-15-11-16(21-12(2)20-15)19-10-8-13-4-6-14(17)7-5-13/h4-7,11H,3,8-10H2,1-2H3,(H2,18,19,20,21). The van der Waals surface area contributed by atoms with Crippen LogP contribution in [-0.4, -0.2) is 23.1 Å². The summed E-state index contributed by atoms with van der Waals surface area (Å²) in [4.78, 5) is 8.71. The summed E-state index contributed by atoms with van der Waals surface area (Å²) in [7, 11) is 0. The molecule has 4 nitrogen and oxygen atoms in total. The van der Waals surface area contributed by atoms with Gasteiger partial charge < -0.3 is 10.6 Å². The number of nitrogens with zero attached hydrogens (tertiary/aromatic N) is 2. The first-order valence-corrected chi connectivity index (χ1v) is 7.25. The smallest absolute Gasteiger partial charge is 0.131 e. The Morgan fingerprint density at radius 3 is 2.24 bits per heavy atom. The van der Waals surface area contributed by atoms with Crippen LogP contribution in [0.3, 0.4) is 0 Å². The zero-order valence-electron chi connectivity index (χ0n) is 12.5. The highest BCUT2D eigenvalue weighted by atomic mass is 19.1. The molecule has 2 N–H and O–H groups in total. The summed E-state index contributed by atoms with van der Waals surface area (Å²) in [5.41, 5.74) is 1.10. The lowest BCUT2D eigenvalue weighted by Gasteiger charge is -2.09. The fraction of sp³-hybridized carbons (Fsp3) is 0.375. The minimum absolute atomic E-state index is 0.204. The van der Waals surface area contributed by atoms with Crippen LogP contribution in [0.5, 0.6) is 0 Å². The van der Waals surface area contributed by atoms with Crippen LogP contribution in [0.2, 0.25) is 0 Å². The molecule has 112 valence electrons. The number of halogens is 1. The number of benzene rings is 1. The Balaban J connectivity index is 1.90. The van der Waals surface area contributed by atoms with E-state index in [1.807, 2.05) is 13.0 Å². The molecule has 0 atom stereocenters. The van der Waals surface area contributed by atoms with E-state index in [1.54, 1.807) is 12.1 Å². The number of aromatic nitrogens is 2. The van der Waals surface area contributed by atoms with Gasteiger partial charge in [0.25, 0.3) is 0 Å². The molecule has 0 aliphatic carbocycles. The molecule has 0 spiro atoms. The fourth-order valence-corrected chi connectivity index (χ4v) is 1.99. The Labute approximate surface area is 124 Å². The number of aryl methyl sites for hydroxylation is 1. The second kappa shape index (κ2) is 7.57. The van der Waals surface area contributed by atoms with Crippen molar-refractivity contribution in [3.05, 3.63) is 47.5 Å². The van der Waals surface area contributed by atoms with Crippen molar-refractivity contribution in [3.63, 3.8) is 0 Å². The van der Waals surface area contributed by atoms with Gasteiger partial charge in [0, 0.05) is 19.2 Å². The molecule has 0 aliphatic heterocycles. The van der Waals surface area contributed by atoms with Crippen LogP contribution in [0, 0.1) is 12.7 Å². The molecule has 0 radical (unpaired) electrons. The summed E-state index contributed by atoms with van der Waals surface area (Å²) in [5.74, 6) is 2.18. The largest absolute Gasteiger partial charge is 0.370 e. The van der Waals surface area contributed by atoms with Crippen molar-refractivity contribution in [2.24, 2.45) is 0 Å². The second-order valence-corrected chi connectivity index (χ2v) is 4.92. The maximum atomic E-state index is 12.8. The Kier molecular flexibility index (Phi) is 5.49. The predicted octanol–water partition coefficient (Wildman–Crippen LogP) is 3.40. The van der Waals surface area contributed by atoms with Gasteiger partial charge in [0.1, 0.15) is 23.3 Å². The van der Waals surface area contributed by atoms with E-state index in [-0.39, 0.29) is 5.82 Å². The Hall–Kier alpha value is -2.17. The molecule has 21 heavy (non-hydrogen) atoms. The summed E-state index contributed by atoms with van der Waals surface area (Å²) in [5, 5.41) is 6.54. The molecule has 2 aromatic rings. The van der Waals surface area contributed by atoms with E-state index in [1.165, 1.54) is 12.1 Å². The molecule has 0 amide bonds. The van der Waals surface area contributed by atoms with E-state index < -0.39 is 0 Å². The molecular weight excluding hydrogens is 267 g/mol. The molecule has 0 bridgehead atoms. The zero-order valence-corrected chi connectivity index (χ0v) is 12.5. The van der Waals surface area contributed by atoms with Gasteiger partial charge in [0.15, 0.2) is 0 Å². The average Bonchev–Trinajstić information content (AvgIpc) is 2.47. The van der Waals surface area contributed by atoms with Gasteiger partial charge in [0.2, 0.25) is 0 Å². The van der Waals surface area contributed by atoms with Gasteiger partial charge in [-0.15, -0.1) is 0 Å². The van der Waals surface area contributed by atoms with E-state index in [0.29, 0.717) is 0 Å². The molecule has 1 heterocycles. The molecule has 0 saturated carbocycles. The van der Waals surface area contributed by atoms with Crippen molar-refractivity contribution >= 4 is 11.6 Å². The quantitative estimate of drug-likeness (QED) is 0.820. The summed E-state index contributed by atoms with van der Waals surface area (Å²) in [6.07, 6.45) is 1.87. The Bertz CT molecular complexity index is 569. The topological polar surface area (TPSA) is 49.8 Å². The van der Waals surface area contributed by atoms with E-state index in [4.69, 9.17) is 0 Å². The molecule has 0 saturated heterocycles. The van der Waals surface area contributed by atoms with Gasteiger partial charge in [-0.1, -0.05) is 19.1 Å². The number of anilines is 2. The van der Waals surface area contributed by atoms with Gasteiger partial charge in [-0.3, -0.25) is 0 Å². The number of hydrogen-bond acceptors (Lipinski definition) is 4. The fourth-order valence-electron chi connectivity index (χ4n) is 1.99. The van der Waals surface area contributed by atoms with Gasteiger partial charge in [-0.05, 0) is 37.5 Å². The highest BCUT2D eigenvalue weighted by Crippen LogP contribution is 2.11. The number of hydrogen-bond donors (Lipinski definition) is 2. The van der Waals surface area contributed by atoms with E-state index in [0.717, 1.165) is 49.0 Å². The normalized spacial score (nSPS) is 10.4. The third kappa shape index (κ3) is 5.02. The van der Waals surface area contributed by atoms with Crippen molar-refractivity contribution in [1.29, 1.82) is 0 Å². The molecule has 0 aliphatic rings. The molecular formula is C16H21FN4. The van der Waals surface area contributed by atoms with Crippen molar-refractivity contribution in [2.45, 2.75) is 26.7 Å².